The molecule has 10 nitrogen and oxygen atoms in total. The van der Waals surface area contributed by atoms with Crippen molar-refractivity contribution < 1.29 is 14.3 Å². The summed E-state index contributed by atoms with van der Waals surface area (Å²) in [4.78, 5) is 19.4. The Bertz CT molecular complexity index is 1600. The van der Waals surface area contributed by atoms with Crippen LogP contribution in [-0.2, 0) is 14.3 Å². The van der Waals surface area contributed by atoms with Crippen LogP contribution in [0.25, 0.3) is 22.0 Å². The summed E-state index contributed by atoms with van der Waals surface area (Å²) >= 11 is 6.86. The molecular formula is C34H46ClN7O3. The molecule has 4 aliphatic rings. The van der Waals surface area contributed by atoms with Crippen molar-refractivity contribution in [3.8, 4) is 11.1 Å². The fraction of sp³-hybridized carbons (Fsp3) is 0.618. The van der Waals surface area contributed by atoms with Gasteiger partial charge in [0.05, 0.1) is 49.7 Å². The molecule has 0 saturated carbocycles. The van der Waals surface area contributed by atoms with E-state index in [2.05, 4.69) is 59.0 Å². The van der Waals surface area contributed by atoms with E-state index in [0.717, 1.165) is 111 Å². The van der Waals surface area contributed by atoms with Crippen LogP contribution < -0.4 is 4.90 Å². The molecule has 0 radical (unpaired) electrons. The number of rotatable bonds is 6. The predicted octanol–water partition coefficient (Wildman–Crippen LogP) is 5.14. The Hall–Kier alpha value is -2.92. The van der Waals surface area contributed by atoms with Gasteiger partial charge in [0.1, 0.15) is 0 Å². The molecule has 242 valence electrons. The van der Waals surface area contributed by atoms with Gasteiger partial charge in [0, 0.05) is 65.5 Å². The summed E-state index contributed by atoms with van der Waals surface area (Å²) in [5.74, 6) is 1.60. The van der Waals surface area contributed by atoms with E-state index in [4.69, 9.17) is 26.2 Å². The first kappa shape index (κ1) is 30.7. The molecule has 6 heterocycles. The molecule has 1 spiro atoms. The van der Waals surface area contributed by atoms with Crippen molar-refractivity contribution in [2.24, 2.45) is 5.92 Å². The number of aromatic amines is 1. The molecule has 45 heavy (non-hydrogen) atoms. The van der Waals surface area contributed by atoms with Gasteiger partial charge in [0.15, 0.2) is 5.82 Å². The number of hydrogen-bond donors (Lipinski definition) is 1. The number of ether oxygens (including phenoxy) is 2. The molecule has 4 aliphatic heterocycles. The Morgan fingerprint density at radius 3 is 2.56 bits per heavy atom. The van der Waals surface area contributed by atoms with Crippen molar-refractivity contribution in [1.82, 2.24) is 29.8 Å². The second-order valence-corrected chi connectivity index (χ2v) is 14.6. The number of anilines is 1. The topological polar surface area (TPSA) is 91.8 Å². The fourth-order valence-electron chi connectivity index (χ4n) is 8.33. The van der Waals surface area contributed by atoms with E-state index in [1.807, 2.05) is 17.2 Å². The van der Waals surface area contributed by atoms with Crippen molar-refractivity contribution in [1.29, 1.82) is 0 Å². The summed E-state index contributed by atoms with van der Waals surface area (Å²) in [6.45, 7) is 20.2. The average Bonchev–Trinajstić information content (AvgIpc) is 3.60. The number of piperidine rings is 2. The van der Waals surface area contributed by atoms with Gasteiger partial charge in [-0.05, 0) is 77.0 Å². The van der Waals surface area contributed by atoms with E-state index < -0.39 is 0 Å². The first-order chi connectivity index (χ1) is 21.6. The monoisotopic (exact) mass is 635 g/mol. The van der Waals surface area contributed by atoms with Gasteiger partial charge < -0.3 is 19.3 Å². The van der Waals surface area contributed by atoms with Gasteiger partial charge >= 0.3 is 0 Å². The number of halogens is 1. The Kier molecular flexibility index (Phi) is 7.99. The zero-order valence-electron chi connectivity index (χ0n) is 27.1. The van der Waals surface area contributed by atoms with Gasteiger partial charge in [0.2, 0.25) is 5.91 Å². The first-order valence-corrected chi connectivity index (χ1v) is 16.8. The number of benzene rings is 1. The first-order valence-electron chi connectivity index (χ1n) is 16.4. The second kappa shape index (κ2) is 11.7. The van der Waals surface area contributed by atoms with Crippen LogP contribution in [-0.4, -0.2) is 106 Å². The van der Waals surface area contributed by atoms with Gasteiger partial charge in [-0.3, -0.25) is 19.5 Å². The summed E-state index contributed by atoms with van der Waals surface area (Å²) < 4.78 is 13.8. The van der Waals surface area contributed by atoms with Crippen LogP contribution in [0.1, 0.15) is 56.8 Å². The highest BCUT2D eigenvalue weighted by Gasteiger charge is 2.48. The number of amides is 1. The minimum atomic E-state index is -0.111. The lowest BCUT2D eigenvalue weighted by atomic mass is 9.80. The van der Waals surface area contributed by atoms with Crippen LogP contribution in [0.3, 0.4) is 0 Å². The molecule has 11 heteroatoms. The lowest BCUT2D eigenvalue weighted by Crippen LogP contribution is -2.69. The molecule has 3 aromatic rings. The number of aromatic nitrogens is 4. The van der Waals surface area contributed by atoms with Gasteiger partial charge in [-0.15, -0.1) is 0 Å². The van der Waals surface area contributed by atoms with E-state index in [1.165, 1.54) is 6.08 Å². The van der Waals surface area contributed by atoms with E-state index in [-0.39, 0.29) is 23.0 Å². The number of likely N-dealkylation sites (tertiary alicyclic amines) is 1. The smallest absolute Gasteiger partial charge is 0.245 e. The third-order valence-electron chi connectivity index (χ3n) is 10.9. The number of fused-ring (bicyclic) bond motifs is 1. The van der Waals surface area contributed by atoms with Gasteiger partial charge in [-0.2, -0.15) is 10.2 Å². The van der Waals surface area contributed by atoms with Crippen molar-refractivity contribution in [3.63, 3.8) is 0 Å². The third kappa shape index (κ3) is 5.27. The van der Waals surface area contributed by atoms with Gasteiger partial charge in [0.25, 0.3) is 0 Å². The van der Waals surface area contributed by atoms with Gasteiger partial charge in [-0.1, -0.05) is 18.2 Å². The quantitative estimate of drug-likeness (QED) is 0.375. The van der Waals surface area contributed by atoms with E-state index in [9.17, 15) is 4.79 Å². The molecule has 1 N–H and O–H groups in total. The highest BCUT2D eigenvalue weighted by atomic mass is 35.5. The molecule has 0 bridgehead atoms. The molecule has 0 unspecified atom stereocenters. The lowest BCUT2D eigenvalue weighted by molar-refractivity contribution is -0.200. The fourth-order valence-corrected chi connectivity index (χ4v) is 8.54. The largest absolute Gasteiger partial charge is 0.378 e. The van der Waals surface area contributed by atoms with E-state index in [1.54, 1.807) is 0 Å². The minimum Gasteiger partial charge on any atom is -0.378 e. The molecule has 4 saturated heterocycles. The number of nitrogens with one attached hydrogen (secondary N) is 1. The maximum atomic E-state index is 12.3. The third-order valence-corrected chi connectivity index (χ3v) is 11.3. The van der Waals surface area contributed by atoms with E-state index >= 15 is 0 Å². The normalized spacial score (nSPS) is 23.9. The summed E-state index contributed by atoms with van der Waals surface area (Å²) in [7, 11) is 0. The molecule has 0 aliphatic carbocycles. The van der Waals surface area contributed by atoms with Crippen LogP contribution in [0.4, 0.5) is 5.82 Å². The average molecular weight is 636 g/mol. The molecular weight excluding hydrogens is 590 g/mol. The number of hydrogen-bond acceptors (Lipinski definition) is 7. The number of H-pyrrole nitrogens is 1. The SMILES string of the molecule is C=CC(=O)N1CCC(n2nc(N3CC[C@@H](CN4CCOCC45COC5)CC3(C)C)c(-c3c(C)c(Cl)cc4[nH]ncc34)c2C)CC1. The molecule has 4 fully saturated rings. The van der Waals surface area contributed by atoms with Crippen LogP contribution in [0.5, 0.6) is 0 Å². The Balaban J connectivity index is 1.24. The van der Waals surface area contributed by atoms with Crippen LogP contribution in [0, 0.1) is 19.8 Å². The van der Waals surface area contributed by atoms with Crippen LogP contribution in [0.15, 0.2) is 24.9 Å². The maximum Gasteiger partial charge on any atom is 0.245 e. The number of carbonyl (C=O) groups is 1. The molecule has 2 aromatic heterocycles. The molecule has 7 rings (SSSR count). The summed E-state index contributed by atoms with van der Waals surface area (Å²) in [6, 6.07) is 2.17. The minimum absolute atomic E-state index is 0.00127. The Morgan fingerprint density at radius 1 is 1.11 bits per heavy atom. The summed E-state index contributed by atoms with van der Waals surface area (Å²) in [6.07, 6.45) is 7.21. The summed E-state index contributed by atoms with van der Waals surface area (Å²) in [5, 5.41) is 14.8. The zero-order valence-corrected chi connectivity index (χ0v) is 27.8. The van der Waals surface area contributed by atoms with Crippen molar-refractivity contribution >= 4 is 34.2 Å². The van der Waals surface area contributed by atoms with Crippen LogP contribution in [0.2, 0.25) is 5.02 Å². The zero-order chi connectivity index (χ0) is 31.5. The van der Waals surface area contributed by atoms with E-state index in [0.29, 0.717) is 24.0 Å². The molecule has 1 amide bonds. The maximum absolute atomic E-state index is 12.3. The Morgan fingerprint density at radius 2 is 1.87 bits per heavy atom. The number of morpholine rings is 1. The van der Waals surface area contributed by atoms with Crippen LogP contribution >= 0.6 is 11.6 Å². The van der Waals surface area contributed by atoms with Gasteiger partial charge in [-0.25, -0.2) is 0 Å². The van der Waals surface area contributed by atoms with Crippen molar-refractivity contribution in [2.75, 3.05) is 64.1 Å². The summed E-state index contributed by atoms with van der Waals surface area (Å²) in [5.41, 5.74) is 5.28. The Labute approximate surface area is 270 Å². The predicted molar refractivity (Wildman–Crippen MR) is 177 cm³/mol. The van der Waals surface area contributed by atoms with Crippen molar-refractivity contribution in [3.05, 3.63) is 41.2 Å². The highest BCUT2D eigenvalue weighted by molar-refractivity contribution is 6.33. The molecule has 1 atom stereocenters. The van der Waals surface area contributed by atoms with Crippen molar-refractivity contribution in [2.45, 2.75) is 70.5 Å². The number of nitrogens with zero attached hydrogens (tertiary/aromatic N) is 6. The molecule has 1 aromatic carbocycles. The lowest BCUT2D eigenvalue weighted by Gasteiger charge is -2.54. The second-order valence-electron chi connectivity index (χ2n) is 14.2. The standard InChI is InChI=1S/C34H46ClN7O3/c1-6-29(43)39-10-8-25(9-11-39)42-23(3)31(30-22(2)27(35)15-28-26(30)17-36-37-28)32(38-42)41-12-7-24(16-33(41,4)5)18-40-13-14-44-19-34(40)20-45-21-34/h6,15,17,24-25H,1,7-14,16,18-21H2,2-5H3,(H,36,37)/t24-/m1/s1. The number of carbonyl (C=O) groups excluding carboxylic acids is 1. The highest BCUT2D eigenvalue weighted by Crippen LogP contribution is 2.47.